The number of alkyl halides is 1. The van der Waals surface area contributed by atoms with E-state index in [2.05, 4.69) is 0 Å². The van der Waals surface area contributed by atoms with Crippen LogP contribution in [0.4, 0.5) is 5.69 Å². The Balaban J connectivity index is 2.97. The van der Waals surface area contributed by atoms with Gasteiger partial charge in [-0.1, -0.05) is 0 Å². The van der Waals surface area contributed by atoms with E-state index in [-0.39, 0.29) is 22.9 Å². The zero-order valence-electron chi connectivity index (χ0n) is 10.3. The van der Waals surface area contributed by atoms with Crippen LogP contribution < -0.4 is 15.2 Å². The van der Waals surface area contributed by atoms with Gasteiger partial charge in [-0.25, -0.2) is 13.1 Å². The van der Waals surface area contributed by atoms with Gasteiger partial charge in [0, 0.05) is 18.4 Å². The van der Waals surface area contributed by atoms with Gasteiger partial charge in [-0.15, -0.1) is 11.6 Å². The Morgan fingerprint density at radius 1 is 1.47 bits per heavy atom. The maximum atomic E-state index is 12.0. The summed E-state index contributed by atoms with van der Waals surface area (Å²) < 4.78 is 30.9. The number of amides is 1. The Hall–Kier alpha value is -1.47. The van der Waals surface area contributed by atoms with Crippen LogP contribution in [0.15, 0.2) is 23.1 Å². The average molecular weight is 307 g/mol. The molecule has 19 heavy (non-hydrogen) atoms. The summed E-state index contributed by atoms with van der Waals surface area (Å²) in [5.41, 5.74) is 5.64. The van der Waals surface area contributed by atoms with Crippen LogP contribution in [0.5, 0.6) is 5.75 Å². The summed E-state index contributed by atoms with van der Waals surface area (Å²) in [5.74, 6) is 0.0000413. The lowest BCUT2D eigenvalue weighted by molar-refractivity contribution is -0.119. The van der Waals surface area contributed by atoms with Crippen molar-refractivity contribution in [3.05, 3.63) is 18.2 Å². The molecule has 0 atom stereocenters. The molecule has 0 saturated heterocycles. The van der Waals surface area contributed by atoms with Gasteiger partial charge in [0.15, 0.2) is 0 Å². The standard InChI is InChI=1S/C11H15ClN2O4S/c1-18-8-4-5-9(13)10(7-8)19(16,17)14-11(15)3-2-6-12/h4-5,7H,2-3,6,13H2,1H3,(H,14,15). The van der Waals surface area contributed by atoms with Crippen molar-refractivity contribution in [1.29, 1.82) is 0 Å². The lowest BCUT2D eigenvalue weighted by atomic mass is 10.3. The van der Waals surface area contributed by atoms with Crippen molar-refractivity contribution in [2.75, 3.05) is 18.7 Å². The molecule has 1 aromatic carbocycles. The molecule has 1 aromatic rings. The van der Waals surface area contributed by atoms with Gasteiger partial charge in [0.2, 0.25) is 5.91 Å². The number of ether oxygens (including phenoxy) is 1. The minimum absolute atomic E-state index is 0.0343. The lowest BCUT2D eigenvalue weighted by Gasteiger charge is -2.10. The van der Waals surface area contributed by atoms with E-state index in [0.29, 0.717) is 12.2 Å². The van der Waals surface area contributed by atoms with Crippen molar-refractivity contribution in [1.82, 2.24) is 4.72 Å². The van der Waals surface area contributed by atoms with Gasteiger partial charge in [-0.3, -0.25) is 4.79 Å². The van der Waals surface area contributed by atoms with Crippen molar-refractivity contribution >= 4 is 33.2 Å². The molecule has 0 aliphatic carbocycles. The predicted octanol–water partition coefficient (Wildman–Crippen LogP) is 1.10. The third-order valence-electron chi connectivity index (χ3n) is 2.30. The summed E-state index contributed by atoms with van der Waals surface area (Å²) >= 11 is 5.43. The summed E-state index contributed by atoms with van der Waals surface area (Å²) in [6.07, 6.45) is 0.434. The van der Waals surface area contributed by atoms with Crippen LogP contribution in [0.1, 0.15) is 12.8 Å². The molecule has 0 aromatic heterocycles. The molecule has 0 saturated carbocycles. The summed E-state index contributed by atoms with van der Waals surface area (Å²) in [6, 6.07) is 4.19. The molecule has 1 amide bonds. The number of benzene rings is 1. The van der Waals surface area contributed by atoms with Crippen molar-refractivity contribution in [2.24, 2.45) is 0 Å². The molecular formula is C11H15ClN2O4S. The van der Waals surface area contributed by atoms with E-state index < -0.39 is 15.9 Å². The highest BCUT2D eigenvalue weighted by atomic mass is 35.5. The molecule has 0 radical (unpaired) electrons. The molecule has 3 N–H and O–H groups in total. The van der Waals surface area contributed by atoms with E-state index >= 15 is 0 Å². The zero-order chi connectivity index (χ0) is 14.5. The molecular weight excluding hydrogens is 292 g/mol. The van der Waals surface area contributed by atoms with Crippen molar-refractivity contribution in [2.45, 2.75) is 17.7 Å². The molecule has 0 aliphatic heterocycles. The maximum absolute atomic E-state index is 12.0. The first kappa shape index (κ1) is 15.6. The Labute approximate surface area is 116 Å². The van der Waals surface area contributed by atoms with E-state index in [1.807, 2.05) is 4.72 Å². The number of hydrogen-bond acceptors (Lipinski definition) is 5. The van der Waals surface area contributed by atoms with E-state index in [1.165, 1.54) is 25.3 Å². The molecule has 0 aliphatic rings. The summed E-state index contributed by atoms with van der Waals surface area (Å²) in [6.45, 7) is 0. The molecule has 8 heteroatoms. The highest BCUT2D eigenvalue weighted by Gasteiger charge is 2.20. The van der Waals surface area contributed by atoms with Crippen LogP contribution in [-0.4, -0.2) is 27.3 Å². The van der Waals surface area contributed by atoms with Crippen LogP contribution in [-0.2, 0) is 14.8 Å². The molecule has 0 heterocycles. The normalized spacial score (nSPS) is 11.1. The van der Waals surface area contributed by atoms with Crippen molar-refractivity contribution in [3.8, 4) is 5.75 Å². The number of nitrogens with two attached hydrogens (primary N) is 1. The molecule has 6 nitrogen and oxygen atoms in total. The predicted molar refractivity (Wildman–Crippen MR) is 72.7 cm³/mol. The van der Waals surface area contributed by atoms with Crippen molar-refractivity contribution in [3.63, 3.8) is 0 Å². The van der Waals surface area contributed by atoms with Gasteiger partial charge in [-0.2, -0.15) is 0 Å². The molecule has 1 rings (SSSR count). The number of halogens is 1. The number of carbonyl (C=O) groups excluding carboxylic acids is 1. The maximum Gasteiger partial charge on any atom is 0.266 e. The van der Waals surface area contributed by atoms with Crippen LogP contribution >= 0.6 is 11.6 Å². The number of hydrogen-bond donors (Lipinski definition) is 2. The fraction of sp³-hybridized carbons (Fsp3) is 0.364. The smallest absolute Gasteiger partial charge is 0.266 e. The van der Waals surface area contributed by atoms with Gasteiger partial charge >= 0.3 is 0 Å². The number of methoxy groups -OCH3 is 1. The average Bonchev–Trinajstić information content (AvgIpc) is 2.36. The second-order valence-electron chi connectivity index (χ2n) is 3.72. The number of anilines is 1. The number of rotatable bonds is 6. The number of sulfonamides is 1. The Kier molecular flexibility index (Phi) is 5.44. The minimum Gasteiger partial charge on any atom is -0.497 e. The topological polar surface area (TPSA) is 98.5 Å². The largest absolute Gasteiger partial charge is 0.497 e. The van der Waals surface area contributed by atoms with Crippen molar-refractivity contribution < 1.29 is 17.9 Å². The van der Waals surface area contributed by atoms with E-state index in [0.717, 1.165) is 0 Å². The van der Waals surface area contributed by atoms with Gasteiger partial charge in [0.05, 0.1) is 12.8 Å². The monoisotopic (exact) mass is 306 g/mol. The first-order valence-electron chi connectivity index (χ1n) is 5.46. The van der Waals surface area contributed by atoms with Crippen LogP contribution in [0.2, 0.25) is 0 Å². The van der Waals surface area contributed by atoms with Gasteiger partial charge in [0.25, 0.3) is 10.0 Å². The molecule has 0 spiro atoms. The third kappa shape index (κ3) is 4.29. The number of nitrogen functional groups attached to an aromatic ring is 1. The number of nitrogens with one attached hydrogen (secondary N) is 1. The first-order valence-corrected chi connectivity index (χ1v) is 7.47. The Bertz CT molecular complexity index is 560. The highest BCUT2D eigenvalue weighted by molar-refractivity contribution is 7.90. The molecule has 106 valence electrons. The van der Waals surface area contributed by atoms with Gasteiger partial charge in [-0.05, 0) is 18.6 Å². The Morgan fingerprint density at radius 3 is 2.74 bits per heavy atom. The van der Waals surface area contributed by atoms with E-state index in [9.17, 15) is 13.2 Å². The fourth-order valence-corrected chi connectivity index (χ4v) is 2.65. The third-order valence-corrected chi connectivity index (χ3v) is 3.99. The van der Waals surface area contributed by atoms with Gasteiger partial charge in [0.1, 0.15) is 10.6 Å². The second-order valence-corrected chi connectivity index (χ2v) is 5.75. The fourth-order valence-electron chi connectivity index (χ4n) is 1.36. The quantitative estimate of drug-likeness (QED) is 0.606. The summed E-state index contributed by atoms with van der Waals surface area (Å²) in [5, 5.41) is 0. The van der Waals surface area contributed by atoms with Gasteiger partial charge < -0.3 is 10.5 Å². The molecule has 0 unspecified atom stereocenters. The summed E-state index contributed by atoms with van der Waals surface area (Å²) in [7, 11) is -2.60. The lowest BCUT2D eigenvalue weighted by Crippen LogP contribution is -2.31. The minimum atomic E-state index is -4.00. The molecule has 0 fully saturated rings. The second kappa shape index (κ2) is 6.63. The zero-order valence-corrected chi connectivity index (χ0v) is 11.9. The summed E-state index contributed by atoms with van der Waals surface area (Å²) in [4.78, 5) is 11.2. The van der Waals surface area contributed by atoms with Crippen LogP contribution in [0.25, 0.3) is 0 Å². The van der Waals surface area contributed by atoms with E-state index in [1.54, 1.807) is 0 Å². The van der Waals surface area contributed by atoms with E-state index in [4.69, 9.17) is 22.1 Å². The SMILES string of the molecule is COc1ccc(N)c(S(=O)(=O)NC(=O)CCCCl)c1. The molecule has 0 bridgehead atoms. The Morgan fingerprint density at radius 2 is 2.16 bits per heavy atom. The van der Waals surface area contributed by atoms with Crippen LogP contribution in [0, 0.1) is 0 Å². The number of carbonyl (C=O) groups is 1. The first-order chi connectivity index (χ1) is 8.90. The van der Waals surface area contributed by atoms with Crippen LogP contribution in [0.3, 0.4) is 0 Å². The highest BCUT2D eigenvalue weighted by Crippen LogP contribution is 2.23.